The Hall–Kier alpha value is -1.29. The number of nitrogens with zero attached hydrogens (tertiary/aromatic N) is 1. The van der Waals surface area contributed by atoms with Gasteiger partial charge < -0.3 is 51.6 Å². The molecule has 0 aromatic rings. The first-order valence-electron chi connectivity index (χ1n) is 26.2. The molecule has 0 aromatic heterocycles. The predicted molar refractivity (Wildman–Crippen MR) is 276 cm³/mol. The Morgan fingerprint density at radius 2 is 1.32 bits per heavy atom. The van der Waals surface area contributed by atoms with E-state index in [9.17, 15) is 14.4 Å². The van der Waals surface area contributed by atoms with Crippen molar-refractivity contribution in [2.45, 2.75) is 251 Å². The first-order valence-corrected chi connectivity index (χ1v) is 31.8. The monoisotopic (exact) mass is 1030 g/mol. The van der Waals surface area contributed by atoms with Crippen molar-refractivity contribution in [1.29, 1.82) is 0 Å². The summed E-state index contributed by atoms with van der Waals surface area (Å²) in [6, 6.07) is 5.67. The van der Waals surface area contributed by atoms with Gasteiger partial charge in [-0.2, -0.15) is 0 Å². The number of hydrogen-bond acceptors (Lipinski definition) is 14. The molecular formula is C52H96ClNO13Si2. The molecule has 69 heavy (non-hydrogen) atoms. The Kier molecular flexibility index (Phi) is 23.6. The second-order valence-corrected chi connectivity index (χ2v) is 31.1. The second kappa shape index (κ2) is 26.3. The normalized spacial score (nSPS) is 38.8. The number of rotatable bonds is 20. The van der Waals surface area contributed by atoms with Gasteiger partial charge >= 0.3 is 11.9 Å². The molecule has 0 unspecified atom stereocenters. The van der Waals surface area contributed by atoms with Crippen LogP contribution >= 0.6 is 11.6 Å². The third-order valence-corrected chi connectivity index (χ3v) is 26.1. The van der Waals surface area contributed by atoms with E-state index < -0.39 is 112 Å². The molecule has 3 aliphatic rings. The minimum atomic E-state index is -2.25. The Morgan fingerprint density at radius 3 is 1.81 bits per heavy atom. The lowest BCUT2D eigenvalue weighted by molar-refractivity contribution is -0.316. The van der Waals surface area contributed by atoms with Crippen molar-refractivity contribution in [1.82, 2.24) is 4.90 Å². The molecular weight excluding hydrogens is 938 g/mol. The predicted octanol–water partition coefficient (Wildman–Crippen LogP) is 10.2. The zero-order chi connectivity index (χ0) is 52.4. The number of hydrogen-bond donors (Lipinski definition) is 0. The van der Waals surface area contributed by atoms with Crippen molar-refractivity contribution >= 4 is 46.0 Å². The van der Waals surface area contributed by atoms with E-state index in [0.717, 1.165) is 42.7 Å². The van der Waals surface area contributed by atoms with Crippen molar-refractivity contribution in [3.05, 3.63) is 11.6 Å². The highest BCUT2D eigenvalue weighted by atomic mass is 35.5. The number of cyclic esters (lactones) is 1. The van der Waals surface area contributed by atoms with Gasteiger partial charge in [-0.1, -0.05) is 62.3 Å². The van der Waals surface area contributed by atoms with Gasteiger partial charge in [0.2, 0.25) is 0 Å². The maximum absolute atomic E-state index is 15.0. The van der Waals surface area contributed by atoms with Crippen LogP contribution in [0.1, 0.15) is 136 Å². The number of allylic oxidation sites excluding steroid dienone is 1. The fourth-order valence-corrected chi connectivity index (χ4v) is 17.4. The number of carbonyl (C=O) groups excluding carboxylic acids is 3. The molecule has 0 amide bonds. The minimum absolute atomic E-state index is 0.0331. The highest BCUT2D eigenvalue weighted by Gasteiger charge is 2.55. The fourth-order valence-electron chi connectivity index (χ4n) is 11.5. The van der Waals surface area contributed by atoms with Crippen molar-refractivity contribution < 1.29 is 61.1 Å². The SMILES string of the molecule is CC[C@@H]1OC(=O)[C@H](C)[C@H](O[C@@H]2C[C@@](C)(OC)[C@@H](O[Si](CC)(CC)CC)[C@H](C)O2)[C@H](C)[C@@H](O[C@@H]2O[C@H](C)C[C@H](N(C)C)[C@H]2O[Si](CC)(CC)CC)[C@](C)(OC)C[C@@H](C)C(=O)/C(C)=C/[C@]1(C)OC(=O)CCl. The van der Waals surface area contributed by atoms with Gasteiger partial charge in [-0.25, -0.2) is 0 Å². The molecule has 2 fully saturated rings. The first kappa shape index (κ1) is 62.0. The van der Waals surface area contributed by atoms with Gasteiger partial charge in [0.05, 0.1) is 47.6 Å². The van der Waals surface area contributed by atoms with E-state index in [4.69, 9.17) is 58.3 Å². The summed E-state index contributed by atoms with van der Waals surface area (Å²) in [4.78, 5) is 44.7. The fraction of sp³-hybridized carbons (Fsp3) is 0.904. The number of methoxy groups -OCH3 is 2. The van der Waals surface area contributed by atoms with Crippen LogP contribution in [-0.4, -0.2) is 152 Å². The Bertz CT molecular complexity index is 1670. The van der Waals surface area contributed by atoms with Gasteiger partial charge in [0.25, 0.3) is 0 Å². The van der Waals surface area contributed by atoms with Gasteiger partial charge in [-0.3, -0.25) is 14.4 Å². The van der Waals surface area contributed by atoms with Gasteiger partial charge in [-0.15, -0.1) is 11.6 Å². The topological polar surface area (TPSA) is 147 Å². The smallest absolute Gasteiger partial charge is 0.321 e. The average Bonchev–Trinajstić information content (AvgIpc) is 3.32. The summed E-state index contributed by atoms with van der Waals surface area (Å²) in [5.74, 6) is -4.14. The van der Waals surface area contributed by atoms with Crippen LogP contribution in [0.4, 0.5) is 0 Å². The van der Waals surface area contributed by atoms with Gasteiger partial charge in [0.15, 0.2) is 40.6 Å². The van der Waals surface area contributed by atoms with E-state index in [1.54, 1.807) is 41.1 Å². The van der Waals surface area contributed by atoms with E-state index in [2.05, 4.69) is 67.5 Å². The lowest BCUT2D eigenvalue weighted by Gasteiger charge is -2.52. The molecule has 3 rings (SSSR count). The number of ketones is 1. The molecule has 0 aromatic carbocycles. The minimum Gasteiger partial charge on any atom is -0.457 e. The van der Waals surface area contributed by atoms with Crippen LogP contribution in [-0.2, 0) is 61.1 Å². The largest absolute Gasteiger partial charge is 0.457 e. The van der Waals surface area contributed by atoms with Crippen LogP contribution < -0.4 is 0 Å². The lowest BCUT2D eigenvalue weighted by atomic mass is 9.76. The van der Waals surface area contributed by atoms with E-state index in [1.165, 1.54) is 0 Å². The first-order chi connectivity index (χ1) is 32.2. The highest BCUT2D eigenvalue weighted by Crippen LogP contribution is 2.44. The molecule has 0 aliphatic carbocycles. The van der Waals surface area contributed by atoms with Gasteiger partial charge in [-0.05, 0) is 130 Å². The molecule has 14 nitrogen and oxygen atoms in total. The van der Waals surface area contributed by atoms with E-state index >= 15 is 0 Å². The molecule has 16 atom stereocenters. The summed E-state index contributed by atoms with van der Waals surface area (Å²) in [5.41, 5.74) is -3.19. The van der Waals surface area contributed by atoms with Crippen LogP contribution in [0.5, 0.6) is 0 Å². The van der Waals surface area contributed by atoms with Gasteiger partial charge in [0.1, 0.15) is 18.1 Å². The van der Waals surface area contributed by atoms with Crippen LogP contribution in [0.15, 0.2) is 11.6 Å². The van der Waals surface area contributed by atoms with E-state index in [-0.39, 0.29) is 36.9 Å². The van der Waals surface area contributed by atoms with Crippen LogP contribution in [0.25, 0.3) is 0 Å². The Balaban J connectivity index is 2.37. The number of ether oxygens (including phenoxy) is 8. The zero-order valence-corrected chi connectivity index (χ0v) is 49.2. The second-order valence-electron chi connectivity index (χ2n) is 21.4. The number of carbonyl (C=O) groups is 3. The standard InChI is InChI=1S/C52H96ClNO13Si2/c1-21-40-50(14,65-41(55)32-53)29-33(8)43(56)34(9)30-51(15,58-19)46(64-49-45(66-68(22-2,23-3)24-4)39(54(17)18)28-35(10)60-49)36(11)44(37(12)48(57)62-40)63-42-31-52(16,59-20)47(38(13)61-42)67-69(25-5,26-6)27-7/h29,34-40,42,44-47,49H,21-28,30-32H2,1-20H3/b33-29+/t34-,35-,36+,37-,38+,39+,40+,42-,44-,45-,46-,47+,49+,50+,51-,52-/m1/s1. The number of likely N-dealkylation sites (N-methyl/N-ethyl adjacent to an activating group) is 1. The number of alkyl halides is 1. The van der Waals surface area contributed by atoms with E-state index in [1.807, 2.05) is 41.5 Å². The molecule has 402 valence electrons. The van der Waals surface area contributed by atoms with Crippen molar-refractivity contribution in [3.8, 4) is 0 Å². The molecule has 0 N–H and O–H groups in total. The zero-order valence-electron chi connectivity index (χ0n) is 46.5. The summed E-state index contributed by atoms with van der Waals surface area (Å²) in [7, 11) is 3.11. The molecule has 2 saturated heterocycles. The molecule has 3 heterocycles. The van der Waals surface area contributed by atoms with Crippen LogP contribution in [0, 0.1) is 17.8 Å². The molecule has 0 saturated carbocycles. The van der Waals surface area contributed by atoms with Crippen LogP contribution in [0.2, 0.25) is 36.3 Å². The summed E-state index contributed by atoms with van der Waals surface area (Å²) in [6.07, 6.45) is -2.83. The quantitative estimate of drug-likeness (QED) is 0.0647. The summed E-state index contributed by atoms with van der Waals surface area (Å²) in [6.45, 7) is 32.1. The molecule has 3 aliphatic heterocycles. The third kappa shape index (κ3) is 14.5. The number of halogens is 1. The summed E-state index contributed by atoms with van der Waals surface area (Å²) >= 11 is 5.98. The Labute approximate surface area is 424 Å². The average molecular weight is 1030 g/mol. The van der Waals surface area contributed by atoms with Gasteiger partial charge in [0, 0.05) is 38.5 Å². The van der Waals surface area contributed by atoms with E-state index in [0.29, 0.717) is 12.0 Å². The Morgan fingerprint density at radius 1 is 0.783 bits per heavy atom. The van der Waals surface area contributed by atoms with Crippen molar-refractivity contribution in [3.63, 3.8) is 0 Å². The van der Waals surface area contributed by atoms with Crippen molar-refractivity contribution in [2.24, 2.45) is 17.8 Å². The number of esters is 2. The third-order valence-electron chi connectivity index (χ3n) is 16.6. The molecule has 0 radical (unpaired) electrons. The molecule has 0 bridgehead atoms. The van der Waals surface area contributed by atoms with Crippen LogP contribution in [0.3, 0.4) is 0 Å². The molecule has 17 heteroatoms. The molecule has 0 spiro atoms. The summed E-state index contributed by atoms with van der Waals surface area (Å²) < 4.78 is 68.3. The number of Topliss-reactive ketones (excluding diaryl/α,β-unsaturated/α-hetero) is 1. The lowest BCUT2D eigenvalue weighted by Crippen LogP contribution is -2.63. The maximum atomic E-state index is 15.0. The summed E-state index contributed by atoms with van der Waals surface area (Å²) in [5, 5.41) is 0. The maximum Gasteiger partial charge on any atom is 0.321 e. The van der Waals surface area contributed by atoms with Crippen molar-refractivity contribution in [2.75, 3.05) is 34.2 Å². The highest BCUT2D eigenvalue weighted by molar-refractivity contribution is 6.74.